The Hall–Kier alpha value is -3.66. The number of aromatic nitrogens is 1. The number of halogens is 1. The average molecular weight is 368 g/mol. The summed E-state index contributed by atoms with van der Waals surface area (Å²) in [6.07, 6.45) is 4.25. The van der Waals surface area contributed by atoms with Crippen LogP contribution in [-0.2, 0) is 6.54 Å². The smallest absolute Gasteiger partial charge is 0.157 e. The van der Waals surface area contributed by atoms with Crippen molar-refractivity contribution in [3.63, 3.8) is 0 Å². The number of rotatable bonds is 3. The molecule has 0 N–H and O–H groups in total. The van der Waals surface area contributed by atoms with E-state index in [2.05, 4.69) is 46.5 Å². The third-order valence-electron chi connectivity index (χ3n) is 4.92. The van der Waals surface area contributed by atoms with Crippen LogP contribution in [0.25, 0.3) is 23.4 Å². The average Bonchev–Trinajstić information content (AvgIpc) is 3.13. The monoisotopic (exact) mass is 368 g/mol. The minimum absolute atomic E-state index is 0.308. The molecular formula is C24H17FN2O. The van der Waals surface area contributed by atoms with E-state index in [0.29, 0.717) is 23.6 Å². The SMILES string of the molecule is Fc1ccccc1-c1cc(CN2c3ccccc3C=Cc3ccccc32)on1. The zero-order valence-electron chi connectivity index (χ0n) is 15.0. The largest absolute Gasteiger partial charge is 0.359 e. The van der Waals surface area contributed by atoms with Crippen molar-refractivity contribution in [1.29, 1.82) is 0 Å². The van der Waals surface area contributed by atoms with Gasteiger partial charge in [0, 0.05) is 23.0 Å². The molecule has 0 saturated carbocycles. The van der Waals surface area contributed by atoms with Gasteiger partial charge in [-0.2, -0.15) is 0 Å². The van der Waals surface area contributed by atoms with Crippen molar-refractivity contribution in [2.45, 2.75) is 6.54 Å². The van der Waals surface area contributed by atoms with Gasteiger partial charge in [-0.15, -0.1) is 0 Å². The van der Waals surface area contributed by atoms with E-state index in [-0.39, 0.29) is 5.82 Å². The molecule has 0 bridgehead atoms. The minimum atomic E-state index is -0.308. The Labute approximate surface area is 162 Å². The molecule has 1 aromatic heterocycles. The molecule has 3 aromatic carbocycles. The van der Waals surface area contributed by atoms with Crippen LogP contribution in [0.15, 0.2) is 83.4 Å². The van der Waals surface area contributed by atoms with Crippen molar-refractivity contribution in [3.05, 3.63) is 102 Å². The Morgan fingerprint density at radius 2 is 1.39 bits per heavy atom. The van der Waals surface area contributed by atoms with E-state index in [9.17, 15) is 4.39 Å². The topological polar surface area (TPSA) is 29.3 Å². The molecule has 0 aliphatic carbocycles. The molecule has 0 radical (unpaired) electrons. The molecular weight excluding hydrogens is 351 g/mol. The highest BCUT2D eigenvalue weighted by Crippen LogP contribution is 2.37. The maximum Gasteiger partial charge on any atom is 0.157 e. The van der Waals surface area contributed by atoms with E-state index in [4.69, 9.17) is 4.52 Å². The Kier molecular flexibility index (Phi) is 4.02. The van der Waals surface area contributed by atoms with Gasteiger partial charge in [0.15, 0.2) is 5.76 Å². The predicted molar refractivity (Wildman–Crippen MR) is 110 cm³/mol. The molecule has 0 spiro atoms. The Balaban J connectivity index is 1.55. The quantitative estimate of drug-likeness (QED) is 0.425. The molecule has 0 fully saturated rings. The second-order valence-corrected chi connectivity index (χ2v) is 6.70. The van der Waals surface area contributed by atoms with Crippen molar-refractivity contribution in [2.75, 3.05) is 4.90 Å². The van der Waals surface area contributed by atoms with Gasteiger partial charge in [0.2, 0.25) is 0 Å². The maximum atomic E-state index is 14.1. The number of para-hydroxylation sites is 2. The summed E-state index contributed by atoms with van der Waals surface area (Å²) in [5.41, 5.74) is 5.39. The second-order valence-electron chi connectivity index (χ2n) is 6.70. The van der Waals surface area contributed by atoms with Crippen LogP contribution in [-0.4, -0.2) is 5.16 Å². The summed E-state index contributed by atoms with van der Waals surface area (Å²) in [5.74, 6) is 0.363. The molecule has 1 aliphatic rings. The minimum Gasteiger partial charge on any atom is -0.359 e. The number of benzene rings is 3. The van der Waals surface area contributed by atoms with E-state index in [1.54, 1.807) is 18.2 Å². The van der Waals surface area contributed by atoms with Gasteiger partial charge in [-0.3, -0.25) is 0 Å². The molecule has 1 aliphatic heterocycles. The summed E-state index contributed by atoms with van der Waals surface area (Å²) in [4.78, 5) is 2.20. The molecule has 3 nitrogen and oxygen atoms in total. The Morgan fingerprint density at radius 1 is 0.786 bits per heavy atom. The van der Waals surface area contributed by atoms with Crippen LogP contribution >= 0.6 is 0 Å². The van der Waals surface area contributed by atoms with Gasteiger partial charge in [0.25, 0.3) is 0 Å². The van der Waals surface area contributed by atoms with Crippen LogP contribution in [0.5, 0.6) is 0 Å². The summed E-state index contributed by atoms with van der Waals surface area (Å²) in [5, 5.41) is 4.09. The summed E-state index contributed by atoms with van der Waals surface area (Å²) in [6, 6.07) is 24.9. The lowest BCUT2D eigenvalue weighted by Gasteiger charge is -2.25. The van der Waals surface area contributed by atoms with E-state index in [1.807, 2.05) is 30.3 Å². The first-order chi connectivity index (χ1) is 13.8. The normalized spacial score (nSPS) is 12.4. The molecule has 2 heterocycles. The van der Waals surface area contributed by atoms with Crippen LogP contribution in [0, 0.1) is 5.82 Å². The van der Waals surface area contributed by atoms with Crippen molar-refractivity contribution in [3.8, 4) is 11.3 Å². The first-order valence-electron chi connectivity index (χ1n) is 9.14. The van der Waals surface area contributed by atoms with E-state index in [0.717, 1.165) is 22.5 Å². The van der Waals surface area contributed by atoms with Gasteiger partial charge in [-0.25, -0.2) is 4.39 Å². The van der Waals surface area contributed by atoms with Gasteiger partial charge >= 0.3 is 0 Å². The summed E-state index contributed by atoms with van der Waals surface area (Å²) in [6.45, 7) is 0.497. The summed E-state index contributed by atoms with van der Waals surface area (Å²) < 4.78 is 19.7. The standard InChI is InChI=1S/C24H17FN2O/c25-21-10-4-3-9-20(21)22-15-19(28-26-22)16-27-23-11-5-1-7-17(23)13-14-18-8-2-6-12-24(18)27/h1-15H,16H2. The zero-order chi connectivity index (χ0) is 18.9. The molecule has 5 rings (SSSR count). The van der Waals surface area contributed by atoms with Crippen molar-refractivity contribution >= 4 is 23.5 Å². The fourth-order valence-electron chi connectivity index (χ4n) is 3.57. The molecule has 4 heteroatoms. The highest BCUT2D eigenvalue weighted by Gasteiger charge is 2.20. The first kappa shape index (κ1) is 16.5. The molecule has 0 amide bonds. The first-order valence-corrected chi connectivity index (χ1v) is 9.14. The molecule has 0 saturated heterocycles. The molecule has 136 valence electrons. The summed E-state index contributed by atoms with van der Waals surface area (Å²) >= 11 is 0. The highest BCUT2D eigenvalue weighted by molar-refractivity contribution is 5.88. The van der Waals surface area contributed by atoms with Gasteiger partial charge in [0.1, 0.15) is 11.5 Å². The third kappa shape index (κ3) is 2.89. The lowest BCUT2D eigenvalue weighted by Crippen LogP contribution is -2.17. The lowest BCUT2D eigenvalue weighted by atomic mass is 10.1. The fraction of sp³-hybridized carbons (Fsp3) is 0.0417. The van der Waals surface area contributed by atoms with Crippen LogP contribution in [0.4, 0.5) is 15.8 Å². The van der Waals surface area contributed by atoms with Crippen molar-refractivity contribution in [2.24, 2.45) is 0 Å². The highest BCUT2D eigenvalue weighted by atomic mass is 19.1. The molecule has 4 aromatic rings. The van der Waals surface area contributed by atoms with Crippen LogP contribution < -0.4 is 4.90 Å². The van der Waals surface area contributed by atoms with Gasteiger partial charge in [-0.1, -0.05) is 65.8 Å². The summed E-state index contributed by atoms with van der Waals surface area (Å²) in [7, 11) is 0. The fourth-order valence-corrected chi connectivity index (χ4v) is 3.57. The second kappa shape index (κ2) is 6.82. The number of fused-ring (bicyclic) bond motifs is 2. The third-order valence-corrected chi connectivity index (χ3v) is 4.92. The van der Waals surface area contributed by atoms with Gasteiger partial charge < -0.3 is 9.42 Å². The number of hydrogen-bond donors (Lipinski definition) is 0. The Morgan fingerprint density at radius 3 is 2.07 bits per heavy atom. The Bertz CT molecular complexity index is 1130. The molecule has 28 heavy (non-hydrogen) atoms. The number of anilines is 2. The van der Waals surface area contributed by atoms with Crippen LogP contribution in [0.3, 0.4) is 0 Å². The van der Waals surface area contributed by atoms with Gasteiger partial charge in [-0.05, 0) is 35.4 Å². The van der Waals surface area contributed by atoms with E-state index in [1.165, 1.54) is 6.07 Å². The molecule has 0 atom stereocenters. The predicted octanol–water partition coefficient (Wildman–Crippen LogP) is 6.30. The zero-order valence-corrected chi connectivity index (χ0v) is 15.0. The molecule has 0 unspecified atom stereocenters. The van der Waals surface area contributed by atoms with E-state index >= 15 is 0 Å². The van der Waals surface area contributed by atoms with Crippen molar-refractivity contribution < 1.29 is 8.91 Å². The number of nitrogens with zero attached hydrogens (tertiary/aromatic N) is 2. The van der Waals surface area contributed by atoms with Crippen LogP contribution in [0.1, 0.15) is 16.9 Å². The maximum absolute atomic E-state index is 14.1. The van der Waals surface area contributed by atoms with Crippen LogP contribution in [0.2, 0.25) is 0 Å². The number of hydrogen-bond acceptors (Lipinski definition) is 3. The van der Waals surface area contributed by atoms with Gasteiger partial charge in [0.05, 0.1) is 6.54 Å². The van der Waals surface area contributed by atoms with Crippen molar-refractivity contribution in [1.82, 2.24) is 5.16 Å². The van der Waals surface area contributed by atoms with E-state index < -0.39 is 0 Å². The lowest BCUT2D eigenvalue weighted by molar-refractivity contribution is 0.386.